The molecule has 0 bridgehead atoms. The van der Waals surface area contributed by atoms with E-state index in [4.69, 9.17) is 4.42 Å². The highest BCUT2D eigenvalue weighted by Crippen LogP contribution is 2.24. The summed E-state index contributed by atoms with van der Waals surface area (Å²) >= 11 is 0. The Balaban J connectivity index is 0.00000176. The number of halogens is 1. The SMILES string of the molecule is CCN(Cc1nnc(-c2ccccc2)o1)C1CCCCC1.Cl. The van der Waals surface area contributed by atoms with Crippen LogP contribution in [0.3, 0.4) is 0 Å². The van der Waals surface area contributed by atoms with Crippen LogP contribution in [0.15, 0.2) is 34.7 Å². The largest absolute Gasteiger partial charge is 0.419 e. The van der Waals surface area contributed by atoms with E-state index in [0.717, 1.165) is 24.5 Å². The van der Waals surface area contributed by atoms with Gasteiger partial charge in [0.15, 0.2) is 0 Å². The molecular formula is C17H24ClN3O. The molecule has 0 unspecified atom stereocenters. The van der Waals surface area contributed by atoms with Crippen molar-refractivity contribution in [2.75, 3.05) is 6.54 Å². The van der Waals surface area contributed by atoms with E-state index in [9.17, 15) is 0 Å². The van der Waals surface area contributed by atoms with Gasteiger partial charge in [-0.15, -0.1) is 22.6 Å². The summed E-state index contributed by atoms with van der Waals surface area (Å²) in [4.78, 5) is 2.47. The van der Waals surface area contributed by atoms with Gasteiger partial charge >= 0.3 is 0 Å². The van der Waals surface area contributed by atoms with E-state index >= 15 is 0 Å². The van der Waals surface area contributed by atoms with Gasteiger partial charge in [0.05, 0.1) is 6.54 Å². The van der Waals surface area contributed by atoms with Gasteiger partial charge in [-0.25, -0.2) is 0 Å². The molecular weight excluding hydrogens is 298 g/mol. The van der Waals surface area contributed by atoms with Gasteiger partial charge in [0.25, 0.3) is 0 Å². The van der Waals surface area contributed by atoms with Crippen molar-refractivity contribution >= 4 is 12.4 Å². The summed E-state index contributed by atoms with van der Waals surface area (Å²) in [5, 5.41) is 8.39. The third-order valence-electron chi connectivity index (χ3n) is 4.32. The maximum atomic E-state index is 5.83. The average molecular weight is 322 g/mol. The van der Waals surface area contributed by atoms with Crippen LogP contribution in [0.2, 0.25) is 0 Å². The van der Waals surface area contributed by atoms with E-state index in [1.54, 1.807) is 0 Å². The van der Waals surface area contributed by atoms with E-state index in [0.29, 0.717) is 11.9 Å². The molecule has 3 rings (SSSR count). The van der Waals surface area contributed by atoms with Crippen molar-refractivity contribution in [1.29, 1.82) is 0 Å². The Labute approximate surface area is 138 Å². The minimum absolute atomic E-state index is 0. The summed E-state index contributed by atoms with van der Waals surface area (Å²) < 4.78 is 5.83. The standard InChI is InChI=1S/C17H23N3O.ClH/c1-2-20(15-11-7-4-8-12-15)13-16-18-19-17(21-16)14-9-5-3-6-10-14;/h3,5-6,9-10,15H,2,4,7-8,11-13H2,1H3;1H. The molecule has 1 fully saturated rings. The van der Waals surface area contributed by atoms with E-state index in [1.807, 2.05) is 30.3 Å². The lowest BCUT2D eigenvalue weighted by Gasteiger charge is -2.32. The van der Waals surface area contributed by atoms with Crippen LogP contribution in [0.4, 0.5) is 0 Å². The maximum absolute atomic E-state index is 5.83. The van der Waals surface area contributed by atoms with Gasteiger partial charge in [0, 0.05) is 11.6 Å². The maximum Gasteiger partial charge on any atom is 0.247 e. The molecule has 0 radical (unpaired) electrons. The van der Waals surface area contributed by atoms with E-state index < -0.39 is 0 Å². The zero-order valence-corrected chi connectivity index (χ0v) is 13.9. The van der Waals surface area contributed by atoms with E-state index in [-0.39, 0.29) is 12.4 Å². The lowest BCUT2D eigenvalue weighted by atomic mass is 9.94. The third-order valence-corrected chi connectivity index (χ3v) is 4.32. The van der Waals surface area contributed by atoms with Crippen molar-refractivity contribution in [1.82, 2.24) is 15.1 Å². The van der Waals surface area contributed by atoms with Crippen LogP contribution in [0.5, 0.6) is 0 Å². The molecule has 1 aromatic heterocycles. The molecule has 1 heterocycles. The highest BCUT2D eigenvalue weighted by molar-refractivity contribution is 5.85. The smallest absolute Gasteiger partial charge is 0.247 e. The van der Waals surface area contributed by atoms with Gasteiger partial charge in [-0.1, -0.05) is 44.4 Å². The third kappa shape index (κ3) is 4.08. The Bertz CT molecular complexity index is 552. The molecule has 0 aliphatic heterocycles. The molecule has 22 heavy (non-hydrogen) atoms. The molecule has 0 N–H and O–H groups in total. The summed E-state index contributed by atoms with van der Waals surface area (Å²) in [6, 6.07) is 10.6. The van der Waals surface area contributed by atoms with Crippen LogP contribution in [-0.4, -0.2) is 27.7 Å². The van der Waals surface area contributed by atoms with E-state index in [1.165, 1.54) is 32.1 Å². The van der Waals surface area contributed by atoms with Crippen molar-refractivity contribution in [3.63, 3.8) is 0 Å². The molecule has 1 aliphatic rings. The molecule has 0 atom stereocenters. The Kier molecular flexibility index (Phi) is 6.40. The van der Waals surface area contributed by atoms with Gasteiger partial charge in [0.1, 0.15) is 0 Å². The molecule has 1 aromatic carbocycles. The second kappa shape index (κ2) is 8.30. The van der Waals surface area contributed by atoms with Gasteiger partial charge in [-0.2, -0.15) is 0 Å². The molecule has 5 heteroatoms. The highest BCUT2D eigenvalue weighted by atomic mass is 35.5. The van der Waals surface area contributed by atoms with Crippen molar-refractivity contribution < 1.29 is 4.42 Å². The number of hydrogen-bond donors (Lipinski definition) is 0. The summed E-state index contributed by atoms with van der Waals surface area (Å²) in [7, 11) is 0. The highest BCUT2D eigenvalue weighted by Gasteiger charge is 2.21. The molecule has 0 saturated heterocycles. The number of nitrogens with zero attached hydrogens (tertiary/aromatic N) is 3. The molecule has 0 amide bonds. The van der Waals surface area contributed by atoms with Crippen LogP contribution >= 0.6 is 12.4 Å². The van der Waals surface area contributed by atoms with Crippen molar-refractivity contribution in [3.8, 4) is 11.5 Å². The number of benzene rings is 1. The lowest BCUT2D eigenvalue weighted by Crippen LogP contribution is -2.36. The summed E-state index contributed by atoms with van der Waals surface area (Å²) in [6.07, 6.45) is 6.67. The van der Waals surface area contributed by atoms with Gasteiger partial charge in [-0.3, -0.25) is 4.90 Å². The van der Waals surface area contributed by atoms with Crippen LogP contribution in [0, 0.1) is 0 Å². The van der Waals surface area contributed by atoms with Crippen molar-refractivity contribution in [2.24, 2.45) is 0 Å². The average Bonchev–Trinajstić information content (AvgIpc) is 3.03. The number of rotatable bonds is 5. The second-order valence-corrected chi connectivity index (χ2v) is 5.72. The van der Waals surface area contributed by atoms with Gasteiger partial charge in [0.2, 0.25) is 11.8 Å². The first-order valence-corrected chi connectivity index (χ1v) is 7.98. The van der Waals surface area contributed by atoms with E-state index in [2.05, 4.69) is 22.0 Å². The predicted octanol–water partition coefficient (Wildman–Crippen LogP) is 4.31. The molecule has 0 spiro atoms. The first-order chi connectivity index (χ1) is 10.4. The van der Waals surface area contributed by atoms with Crippen LogP contribution in [-0.2, 0) is 6.54 Å². The normalized spacial score (nSPS) is 15.7. The topological polar surface area (TPSA) is 42.2 Å². The molecule has 2 aromatic rings. The van der Waals surface area contributed by atoms with Gasteiger partial charge < -0.3 is 4.42 Å². The first-order valence-electron chi connectivity index (χ1n) is 7.98. The van der Waals surface area contributed by atoms with Crippen LogP contribution < -0.4 is 0 Å². The molecule has 1 aliphatic carbocycles. The Hall–Kier alpha value is -1.39. The summed E-state index contributed by atoms with van der Waals surface area (Å²) in [6.45, 7) is 4.01. The number of hydrogen-bond acceptors (Lipinski definition) is 4. The fourth-order valence-electron chi connectivity index (χ4n) is 3.13. The fraction of sp³-hybridized carbons (Fsp3) is 0.529. The molecule has 4 nitrogen and oxygen atoms in total. The monoisotopic (exact) mass is 321 g/mol. The minimum atomic E-state index is 0. The first kappa shape index (κ1) is 17.0. The molecule has 1 saturated carbocycles. The second-order valence-electron chi connectivity index (χ2n) is 5.72. The Morgan fingerprint density at radius 3 is 2.50 bits per heavy atom. The summed E-state index contributed by atoms with van der Waals surface area (Å²) in [5.41, 5.74) is 0.983. The lowest BCUT2D eigenvalue weighted by molar-refractivity contribution is 0.143. The van der Waals surface area contributed by atoms with Crippen molar-refractivity contribution in [3.05, 3.63) is 36.2 Å². The number of aromatic nitrogens is 2. The quantitative estimate of drug-likeness (QED) is 0.822. The fourth-order valence-corrected chi connectivity index (χ4v) is 3.13. The zero-order valence-electron chi connectivity index (χ0n) is 13.1. The minimum Gasteiger partial charge on any atom is -0.419 e. The summed E-state index contributed by atoms with van der Waals surface area (Å²) in [5.74, 6) is 1.34. The Morgan fingerprint density at radius 2 is 1.82 bits per heavy atom. The zero-order chi connectivity index (χ0) is 14.5. The van der Waals surface area contributed by atoms with Crippen LogP contribution in [0.1, 0.15) is 44.9 Å². The van der Waals surface area contributed by atoms with Crippen molar-refractivity contribution in [2.45, 2.75) is 51.6 Å². The Morgan fingerprint density at radius 1 is 1.09 bits per heavy atom. The predicted molar refractivity (Wildman–Crippen MR) is 89.9 cm³/mol. The van der Waals surface area contributed by atoms with Gasteiger partial charge in [-0.05, 0) is 31.5 Å². The van der Waals surface area contributed by atoms with Crippen LogP contribution in [0.25, 0.3) is 11.5 Å². The molecule has 120 valence electrons.